The Bertz CT molecular complexity index is 638. The van der Waals surface area contributed by atoms with E-state index >= 15 is 0 Å². The molecule has 1 aromatic carbocycles. The van der Waals surface area contributed by atoms with E-state index in [9.17, 15) is 0 Å². The van der Waals surface area contributed by atoms with Crippen molar-refractivity contribution in [3.05, 3.63) is 46.2 Å². The average Bonchev–Trinajstić information content (AvgIpc) is 2.71. The van der Waals surface area contributed by atoms with Crippen LogP contribution in [0.5, 0.6) is 0 Å². The molecule has 0 fully saturated rings. The Morgan fingerprint density at radius 1 is 1.30 bits per heavy atom. The normalized spacial score (nSPS) is 11.6. The van der Waals surface area contributed by atoms with Gasteiger partial charge in [-0.05, 0) is 33.2 Å². The fourth-order valence-electron chi connectivity index (χ4n) is 1.88. The van der Waals surface area contributed by atoms with Gasteiger partial charge in [-0.3, -0.25) is 10.1 Å². The van der Waals surface area contributed by atoms with Gasteiger partial charge in [0.15, 0.2) is 0 Å². The van der Waals surface area contributed by atoms with Crippen molar-refractivity contribution in [2.24, 2.45) is 4.99 Å². The predicted molar refractivity (Wildman–Crippen MR) is 86.7 cm³/mol. The molecule has 5 heteroatoms. The molecule has 0 aliphatic rings. The number of hydrogen-bond donors (Lipinski definition) is 1. The van der Waals surface area contributed by atoms with Gasteiger partial charge in [0.25, 0.3) is 0 Å². The third-order valence-electron chi connectivity index (χ3n) is 3.03. The SMILES string of the molecule is Cc1[nH]n(-c2ccccc2)c(=S)c1C=NCCN(C)C. The summed E-state index contributed by atoms with van der Waals surface area (Å²) in [6.07, 6.45) is 1.87. The molecule has 20 heavy (non-hydrogen) atoms. The van der Waals surface area contributed by atoms with Crippen molar-refractivity contribution in [3.8, 4) is 5.69 Å². The van der Waals surface area contributed by atoms with Crippen molar-refractivity contribution in [2.45, 2.75) is 6.92 Å². The van der Waals surface area contributed by atoms with Gasteiger partial charge in [0, 0.05) is 24.0 Å². The minimum absolute atomic E-state index is 0.766. The molecule has 0 unspecified atom stereocenters. The molecule has 4 nitrogen and oxygen atoms in total. The number of hydrogen-bond acceptors (Lipinski definition) is 3. The lowest BCUT2D eigenvalue weighted by Crippen LogP contribution is -2.15. The Labute approximate surface area is 124 Å². The summed E-state index contributed by atoms with van der Waals surface area (Å²) < 4.78 is 2.68. The van der Waals surface area contributed by atoms with Crippen LogP contribution in [0.1, 0.15) is 11.3 Å². The van der Waals surface area contributed by atoms with Crippen LogP contribution < -0.4 is 0 Å². The molecule has 0 saturated heterocycles. The van der Waals surface area contributed by atoms with Gasteiger partial charge >= 0.3 is 0 Å². The fourth-order valence-corrected chi connectivity index (χ4v) is 2.24. The van der Waals surface area contributed by atoms with Crippen LogP contribution in [0.25, 0.3) is 5.69 Å². The van der Waals surface area contributed by atoms with Crippen LogP contribution in [0.3, 0.4) is 0 Å². The van der Waals surface area contributed by atoms with Crippen LogP contribution in [-0.4, -0.2) is 48.1 Å². The van der Waals surface area contributed by atoms with Gasteiger partial charge in [-0.15, -0.1) is 0 Å². The summed E-state index contributed by atoms with van der Waals surface area (Å²) in [6, 6.07) is 10.0. The van der Waals surface area contributed by atoms with Gasteiger partial charge in [0.1, 0.15) is 4.64 Å². The quantitative estimate of drug-likeness (QED) is 0.678. The first-order chi connectivity index (χ1) is 9.59. The lowest BCUT2D eigenvalue weighted by Gasteiger charge is -2.05. The van der Waals surface area contributed by atoms with E-state index in [1.54, 1.807) is 0 Å². The van der Waals surface area contributed by atoms with Crippen LogP contribution >= 0.6 is 12.2 Å². The van der Waals surface area contributed by atoms with Crippen molar-refractivity contribution < 1.29 is 0 Å². The minimum Gasteiger partial charge on any atom is -0.308 e. The number of aromatic amines is 1. The Hall–Kier alpha value is -1.72. The molecule has 1 heterocycles. The van der Waals surface area contributed by atoms with Crippen molar-refractivity contribution in [3.63, 3.8) is 0 Å². The summed E-state index contributed by atoms with van der Waals surface area (Å²) in [5.74, 6) is 0. The Morgan fingerprint density at radius 3 is 2.65 bits per heavy atom. The van der Waals surface area contributed by atoms with E-state index in [-0.39, 0.29) is 0 Å². The topological polar surface area (TPSA) is 36.3 Å². The average molecular weight is 288 g/mol. The second kappa shape index (κ2) is 6.63. The largest absolute Gasteiger partial charge is 0.308 e. The summed E-state index contributed by atoms with van der Waals surface area (Å²) in [4.78, 5) is 6.55. The molecule has 0 aliphatic heterocycles. The third kappa shape index (κ3) is 3.43. The number of aromatic nitrogens is 2. The monoisotopic (exact) mass is 288 g/mol. The minimum atomic E-state index is 0.766. The lowest BCUT2D eigenvalue weighted by molar-refractivity contribution is 0.421. The summed E-state index contributed by atoms with van der Waals surface area (Å²) in [5, 5.41) is 3.29. The first-order valence-electron chi connectivity index (χ1n) is 6.61. The van der Waals surface area contributed by atoms with Gasteiger partial charge in [-0.1, -0.05) is 30.4 Å². The van der Waals surface area contributed by atoms with Gasteiger partial charge in [0.05, 0.1) is 12.2 Å². The maximum absolute atomic E-state index is 5.53. The fraction of sp³-hybridized carbons (Fsp3) is 0.333. The highest BCUT2D eigenvalue weighted by Crippen LogP contribution is 2.13. The van der Waals surface area contributed by atoms with E-state index in [0.717, 1.165) is 34.7 Å². The van der Waals surface area contributed by atoms with Crippen molar-refractivity contribution in [1.29, 1.82) is 0 Å². The molecule has 0 saturated carbocycles. The molecular weight excluding hydrogens is 268 g/mol. The first kappa shape index (κ1) is 14.7. The number of nitrogens with one attached hydrogen (secondary N) is 1. The Balaban J connectivity index is 2.24. The van der Waals surface area contributed by atoms with Crippen LogP contribution in [0.2, 0.25) is 0 Å². The van der Waals surface area contributed by atoms with Crippen LogP contribution in [-0.2, 0) is 0 Å². The summed E-state index contributed by atoms with van der Waals surface area (Å²) >= 11 is 5.53. The number of aryl methyl sites for hydroxylation is 1. The number of likely N-dealkylation sites (N-methyl/N-ethyl adjacent to an activating group) is 1. The Kier molecular flexibility index (Phi) is 4.87. The summed E-state index contributed by atoms with van der Waals surface area (Å²) in [6.45, 7) is 3.73. The maximum Gasteiger partial charge on any atom is 0.136 e. The molecule has 0 spiro atoms. The van der Waals surface area contributed by atoms with E-state index < -0.39 is 0 Å². The predicted octanol–water partition coefficient (Wildman–Crippen LogP) is 2.82. The third-order valence-corrected chi connectivity index (χ3v) is 3.43. The number of para-hydroxylation sites is 1. The number of H-pyrrole nitrogens is 1. The summed E-state index contributed by atoms with van der Waals surface area (Å²) in [5.41, 5.74) is 3.06. The van der Waals surface area contributed by atoms with Crippen molar-refractivity contribution >= 4 is 18.4 Å². The zero-order chi connectivity index (χ0) is 14.5. The molecule has 0 bridgehead atoms. The molecule has 0 amide bonds. The molecule has 0 radical (unpaired) electrons. The summed E-state index contributed by atoms with van der Waals surface area (Å²) in [7, 11) is 4.08. The van der Waals surface area contributed by atoms with Crippen LogP contribution in [0, 0.1) is 11.6 Å². The smallest absolute Gasteiger partial charge is 0.136 e. The Morgan fingerprint density at radius 2 is 2.00 bits per heavy atom. The number of rotatable bonds is 5. The molecule has 1 aromatic heterocycles. The van der Waals surface area contributed by atoms with Crippen molar-refractivity contribution in [1.82, 2.24) is 14.7 Å². The second-order valence-electron chi connectivity index (χ2n) is 4.97. The van der Waals surface area contributed by atoms with Gasteiger partial charge in [-0.2, -0.15) is 0 Å². The highest BCUT2D eigenvalue weighted by molar-refractivity contribution is 7.71. The maximum atomic E-state index is 5.53. The van der Waals surface area contributed by atoms with E-state index in [0.29, 0.717) is 0 Å². The first-order valence-corrected chi connectivity index (χ1v) is 7.02. The van der Waals surface area contributed by atoms with Gasteiger partial charge in [0.2, 0.25) is 0 Å². The highest BCUT2D eigenvalue weighted by atomic mass is 32.1. The van der Waals surface area contributed by atoms with Gasteiger partial charge < -0.3 is 4.90 Å². The van der Waals surface area contributed by atoms with Crippen molar-refractivity contribution in [2.75, 3.05) is 27.2 Å². The number of benzene rings is 1. The zero-order valence-corrected chi connectivity index (χ0v) is 12.9. The van der Waals surface area contributed by atoms with E-state index in [1.807, 2.05) is 62.2 Å². The van der Waals surface area contributed by atoms with Crippen LogP contribution in [0.15, 0.2) is 35.3 Å². The molecular formula is C15H20N4S. The number of nitrogens with zero attached hydrogens (tertiary/aromatic N) is 3. The zero-order valence-electron chi connectivity index (χ0n) is 12.1. The molecule has 0 aliphatic carbocycles. The highest BCUT2D eigenvalue weighted by Gasteiger charge is 2.06. The molecule has 2 aromatic rings. The molecule has 2 rings (SSSR count). The molecule has 0 atom stereocenters. The van der Waals surface area contributed by atoms with E-state index in [2.05, 4.69) is 15.0 Å². The standard InChI is InChI=1S/C15H20N4S/c1-12-14(11-16-9-10-18(2)3)15(20)19(17-12)13-7-5-4-6-8-13/h4-8,11,17H,9-10H2,1-3H3. The van der Waals surface area contributed by atoms with Gasteiger partial charge in [-0.25, -0.2) is 4.68 Å². The molecule has 106 valence electrons. The lowest BCUT2D eigenvalue weighted by atomic mass is 10.3. The van der Waals surface area contributed by atoms with E-state index in [4.69, 9.17) is 12.2 Å². The molecule has 1 N–H and O–H groups in total. The number of aliphatic imine (C=N–C) groups is 1. The van der Waals surface area contributed by atoms with E-state index in [1.165, 1.54) is 0 Å². The van der Waals surface area contributed by atoms with Crippen LogP contribution in [0.4, 0.5) is 0 Å². The second-order valence-corrected chi connectivity index (χ2v) is 5.35.